The van der Waals surface area contributed by atoms with Gasteiger partial charge in [-0.2, -0.15) is 11.9 Å². The van der Waals surface area contributed by atoms with Crippen molar-refractivity contribution in [3.05, 3.63) is 71.5 Å². The molecule has 0 atom stereocenters. The molecular weight excluding hydrogens is 186 g/mol. The minimum atomic E-state index is 0.737. The fraction of sp³-hybridized carbons (Fsp3) is 0.167. The van der Waals surface area contributed by atoms with Crippen molar-refractivity contribution >= 4 is 0 Å². The van der Waals surface area contributed by atoms with Crippen molar-refractivity contribution in [2.45, 2.75) is 6.92 Å². The highest BCUT2D eigenvalue weighted by atomic mass is 15.5. The zero-order chi connectivity index (χ0) is 11.3. The first kappa shape index (κ1) is 11.2. The van der Waals surface area contributed by atoms with Crippen LogP contribution in [0.4, 0.5) is 0 Å². The third-order valence-electron chi connectivity index (χ3n) is 1.93. The van der Waals surface area contributed by atoms with Gasteiger partial charge in [-0.25, -0.2) is 0 Å². The summed E-state index contributed by atoms with van der Waals surface area (Å²) in [6.45, 7) is 9.41. The lowest BCUT2D eigenvalue weighted by atomic mass is 10.2. The summed E-state index contributed by atoms with van der Waals surface area (Å²) in [6, 6.07) is 0. The van der Waals surface area contributed by atoms with Crippen LogP contribution >= 0.6 is 0 Å². The van der Waals surface area contributed by atoms with Gasteiger partial charge in [-0.3, -0.25) is 0 Å². The average Bonchev–Trinajstić information content (AvgIpc) is 2.26. The summed E-state index contributed by atoms with van der Waals surface area (Å²) in [5.41, 5.74) is 6.74. The van der Waals surface area contributed by atoms with Crippen molar-refractivity contribution in [1.29, 1.82) is 0 Å². The van der Waals surface area contributed by atoms with Crippen LogP contribution in [0.3, 0.4) is 0 Å². The lowest BCUT2D eigenvalue weighted by molar-refractivity contribution is 0.538. The van der Waals surface area contributed by atoms with Crippen LogP contribution in [0.2, 0.25) is 0 Å². The van der Waals surface area contributed by atoms with Crippen LogP contribution < -0.4 is 0 Å². The standard InChI is InChI=1S/C12H15N3/c1-5-11(14-15(4)10(2)3)12-8-6-7-9-13-12/h5-9H,1-2H2,3-4H3/q-2. The molecular formula is C12H15N3-2. The number of hydrogen-bond donors (Lipinski definition) is 0. The predicted molar refractivity (Wildman–Crippen MR) is 64.8 cm³/mol. The van der Waals surface area contributed by atoms with Crippen LogP contribution in [0, 0.1) is 0 Å². The molecule has 3 nitrogen and oxygen atoms in total. The number of hydrogen-bond acceptors (Lipinski definition) is 1. The summed E-state index contributed by atoms with van der Waals surface area (Å²) >= 11 is 0. The molecule has 0 unspecified atom stereocenters. The minimum absolute atomic E-state index is 0.737. The van der Waals surface area contributed by atoms with Crippen LogP contribution in [0.5, 0.6) is 0 Å². The van der Waals surface area contributed by atoms with E-state index >= 15 is 0 Å². The Labute approximate surface area is 91.1 Å². The second-order valence-electron chi connectivity index (χ2n) is 3.16. The lowest BCUT2D eigenvalue weighted by Crippen LogP contribution is -2.09. The molecule has 1 rings (SSSR count). The van der Waals surface area contributed by atoms with Gasteiger partial charge in [0, 0.05) is 0 Å². The molecule has 0 saturated heterocycles. The third-order valence-corrected chi connectivity index (χ3v) is 1.93. The fourth-order valence-electron chi connectivity index (χ4n) is 0.958. The molecule has 0 aromatic rings. The highest BCUT2D eigenvalue weighted by Crippen LogP contribution is 2.24. The van der Waals surface area contributed by atoms with Crippen LogP contribution in [-0.2, 0) is 0 Å². The first-order valence-corrected chi connectivity index (χ1v) is 4.67. The summed E-state index contributed by atoms with van der Waals surface area (Å²) in [5.74, 6) is 0. The fourth-order valence-corrected chi connectivity index (χ4v) is 0.958. The normalized spacial score (nSPS) is 16.7. The quantitative estimate of drug-likeness (QED) is 0.639. The monoisotopic (exact) mass is 201 g/mol. The Hall–Kier alpha value is -1.90. The van der Waals surface area contributed by atoms with Gasteiger partial charge in [0.05, 0.1) is 0 Å². The van der Waals surface area contributed by atoms with E-state index in [1.54, 1.807) is 17.3 Å². The molecule has 0 N–H and O–H groups in total. The summed E-state index contributed by atoms with van der Waals surface area (Å²) < 4.78 is 0. The Morgan fingerprint density at radius 2 is 2.27 bits per heavy atom. The van der Waals surface area contributed by atoms with Crippen molar-refractivity contribution in [2.24, 2.45) is 0 Å². The zero-order valence-electron chi connectivity index (χ0n) is 9.14. The van der Waals surface area contributed by atoms with E-state index in [9.17, 15) is 0 Å². The van der Waals surface area contributed by atoms with Gasteiger partial charge >= 0.3 is 0 Å². The van der Waals surface area contributed by atoms with Crippen molar-refractivity contribution in [2.75, 3.05) is 7.05 Å². The highest BCUT2D eigenvalue weighted by molar-refractivity contribution is 5.50. The maximum absolute atomic E-state index is 4.33. The van der Waals surface area contributed by atoms with Crippen molar-refractivity contribution in [3.63, 3.8) is 0 Å². The van der Waals surface area contributed by atoms with E-state index in [0.29, 0.717) is 0 Å². The first-order valence-electron chi connectivity index (χ1n) is 4.67. The van der Waals surface area contributed by atoms with Gasteiger partial charge in [0.1, 0.15) is 0 Å². The molecule has 3 heteroatoms. The molecule has 0 aromatic heterocycles. The topological polar surface area (TPSA) is 31.4 Å². The van der Waals surface area contributed by atoms with Crippen LogP contribution in [0.15, 0.2) is 60.8 Å². The van der Waals surface area contributed by atoms with Crippen LogP contribution in [-0.4, -0.2) is 12.1 Å². The summed E-state index contributed by atoms with van der Waals surface area (Å²) in [5, 5.41) is 5.90. The molecule has 0 aliphatic carbocycles. The Balaban J connectivity index is 2.79. The highest BCUT2D eigenvalue weighted by Gasteiger charge is 1.87. The largest absolute Gasteiger partial charge is 0.665 e. The van der Waals surface area contributed by atoms with Gasteiger partial charge < -0.3 is 15.8 Å². The van der Waals surface area contributed by atoms with Crippen molar-refractivity contribution < 1.29 is 0 Å². The minimum Gasteiger partial charge on any atom is -0.665 e. The maximum Gasteiger partial charge on any atom is -0.00892 e. The molecule has 0 bridgehead atoms. The van der Waals surface area contributed by atoms with Gasteiger partial charge in [0.25, 0.3) is 0 Å². The van der Waals surface area contributed by atoms with Crippen molar-refractivity contribution in [3.8, 4) is 0 Å². The van der Waals surface area contributed by atoms with Gasteiger partial charge in [-0.05, 0) is 19.7 Å². The van der Waals surface area contributed by atoms with Crippen molar-refractivity contribution in [1.82, 2.24) is 5.01 Å². The van der Waals surface area contributed by atoms with E-state index in [0.717, 1.165) is 17.1 Å². The molecule has 0 spiro atoms. The molecule has 0 radical (unpaired) electrons. The molecule has 1 aliphatic rings. The van der Waals surface area contributed by atoms with Gasteiger partial charge in [0.15, 0.2) is 0 Å². The van der Waals surface area contributed by atoms with Crippen LogP contribution in [0.1, 0.15) is 6.92 Å². The molecule has 0 fully saturated rings. The van der Waals surface area contributed by atoms with Gasteiger partial charge in [0.2, 0.25) is 0 Å². The third kappa shape index (κ3) is 3.06. The Kier molecular flexibility index (Phi) is 3.80. The molecule has 15 heavy (non-hydrogen) atoms. The lowest BCUT2D eigenvalue weighted by Gasteiger charge is -2.41. The van der Waals surface area contributed by atoms with Gasteiger partial charge in [-0.15, -0.1) is 12.3 Å². The van der Waals surface area contributed by atoms with E-state index in [2.05, 4.69) is 23.9 Å². The zero-order valence-corrected chi connectivity index (χ0v) is 9.14. The Morgan fingerprint density at radius 3 is 2.73 bits per heavy atom. The summed E-state index contributed by atoms with van der Waals surface area (Å²) in [6.07, 6.45) is 9.10. The average molecular weight is 201 g/mol. The van der Waals surface area contributed by atoms with Crippen LogP contribution in [0.25, 0.3) is 10.7 Å². The van der Waals surface area contributed by atoms with E-state index in [4.69, 9.17) is 0 Å². The number of allylic oxidation sites excluding steroid dienone is 5. The first-order chi connectivity index (χ1) is 7.15. The van der Waals surface area contributed by atoms with Gasteiger partial charge in [-0.1, -0.05) is 30.9 Å². The Morgan fingerprint density at radius 1 is 1.53 bits per heavy atom. The van der Waals surface area contributed by atoms with E-state index in [1.165, 1.54) is 0 Å². The molecule has 80 valence electrons. The maximum atomic E-state index is 4.33. The molecule has 1 heterocycles. The second kappa shape index (κ2) is 5.10. The number of nitrogens with zero attached hydrogens (tertiary/aromatic N) is 3. The van der Waals surface area contributed by atoms with E-state index < -0.39 is 0 Å². The molecule has 1 aliphatic heterocycles. The summed E-state index contributed by atoms with van der Waals surface area (Å²) in [7, 11) is 1.84. The SMILES string of the molecule is C=CC([N-]N(C)C(=C)C)=C1C=CC=C[N-]1. The molecule has 0 aromatic carbocycles. The number of rotatable bonds is 4. The predicted octanol–water partition coefficient (Wildman–Crippen LogP) is 3.60. The summed E-state index contributed by atoms with van der Waals surface area (Å²) in [4.78, 5) is 0. The van der Waals surface area contributed by atoms with E-state index in [1.807, 2.05) is 32.2 Å². The molecule has 0 saturated carbocycles. The molecule has 0 amide bonds. The smallest absolute Gasteiger partial charge is 0.00892 e. The second-order valence-corrected chi connectivity index (χ2v) is 3.16. The Bertz CT molecular complexity index is 348. The van der Waals surface area contributed by atoms with E-state index in [-0.39, 0.29) is 0 Å².